The highest BCUT2D eigenvalue weighted by Crippen LogP contribution is 2.27. The molecule has 0 atom stereocenters. The molecule has 0 radical (unpaired) electrons. The number of carbonyl (C=O) groups is 2. The van der Waals surface area contributed by atoms with E-state index in [1.165, 1.54) is 32.1 Å². The Balaban J connectivity index is 1.63. The van der Waals surface area contributed by atoms with Gasteiger partial charge in [-0.3, -0.25) is 9.59 Å². The number of rotatable bonds is 5. The maximum absolute atomic E-state index is 12.3. The minimum atomic E-state index is 0.0429. The zero-order valence-corrected chi connectivity index (χ0v) is 15.9. The smallest absolute Gasteiger partial charge is 0.223 e. The van der Waals surface area contributed by atoms with Gasteiger partial charge in [0.25, 0.3) is 0 Å². The first-order valence-electron chi connectivity index (χ1n) is 9.90. The lowest BCUT2D eigenvalue weighted by Gasteiger charge is -2.34. The molecule has 2 aliphatic rings. The summed E-state index contributed by atoms with van der Waals surface area (Å²) in [5.74, 6) is 1.23. The minimum Gasteiger partial charge on any atom is -0.353 e. The fourth-order valence-corrected chi connectivity index (χ4v) is 3.95. The van der Waals surface area contributed by atoms with Gasteiger partial charge in [0.2, 0.25) is 11.8 Å². The first-order chi connectivity index (χ1) is 11.3. The second kappa shape index (κ2) is 8.87. The van der Waals surface area contributed by atoms with Gasteiger partial charge >= 0.3 is 0 Å². The van der Waals surface area contributed by atoms with E-state index in [-0.39, 0.29) is 23.3 Å². The number of hydrogen-bond acceptors (Lipinski definition) is 2. The molecule has 0 aromatic rings. The highest BCUT2D eigenvalue weighted by atomic mass is 16.2. The van der Waals surface area contributed by atoms with Crippen LogP contribution in [0.15, 0.2) is 0 Å². The third-order valence-electron chi connectivity index (χ3n) is 5.40. The third kappa shape index (κ3) is 6.82. The fourth-order valence-electron chi connectivity index (χ4n) is 3.95. The summed E-state index contributed by atoms with van der Waals surface area (Å²) in [6.07, 6.45) is 10.8. The molecule has 0 aromatic heterocycles. The fraction of sp³-hybridized carbons (Fsp3) is 0.900. The molecule has 0 bridgehead atoms. The summed E-state index contributed by atoms with van der Waals surface area (Å²) in [5, 5.41) is 3.19. The van der Waals surface area contributed by atoms with Gasteiger partial charge in [0.1, 0.15) is 0 Å². The average Bonchev–Trinajstić information content (AvgIpc) is 2.53. The molecule has 24 heavy (non-hydrogen) atoms. The predicted molar refractivity (Wildman–Crippen MR) is 97.6 cm³/mol. The standard InChI is InChI=1S/C20H36N2O2/c1-20(2,3)15-19(24)22-13-11-17(12-14-22)21-18(23)10-9-16-7-5-4-6-8-16/h16-17H,4-15H2,1-3H3,(H,21,23). The Morgan fingerprint density at radius 3 is 2.21 bits per heavy atom. The van der Waals surface area contributed by atoms with Crippen LogP contribution in [0.25, 0.3) is 0 Å². The zero-order chi connectivity index (χ0) is 17.6. The van der Waals surface area contributed by atoms with Gasteiger partial charge < -0.3 is 10.2 Å². The molecule has 0 unspecified atom stereocenters. The van der Waals surface area contributed by atoms with Gasteiger partial charge in [-0.1, -0.05) is 52.9 Å². The highest BCUT2D eigenvalue weighted by molar-refractivity contribution is 5.77. The SMILES string of the molecule is CC(C)(C)CC(=O)N1CCC(NC(=O)CCC2CCCCC2)CC1. The Morgan fingerprint density at radius 2 is 1.62 bits per heavy atom. The minimum absolute atomic E-state index is 0.0429. The Hall–Kier alpha value is -1.06. The van der Waals surface area contributed by atoms with Crippen molar-refractivity contribution in [3.63, 3.8) is 0 Å². The molecule has 138 valence electrons. The van der Waals surface area contributed by atoms with Gasteiger partial charge in [-0.25, -0.2) is 0 Å². The molecular weight excluding hydrogens is 300 g/mol. The number of hydrogen-bond donors (Lipinski definition) is 1. The van der Waals surface area contributed by atoms with E-state index in [2.05, 4.69) is 26.1 Å². The van der Waals surface area contributed by atoms with Crippen LogP contribution in [-0.2, 0) is 9.59 Å². The second-order valence-electron chi connectivity index (χ2n) is 9.00. The van der Waals surface area contributed by atoms with Crippen LogP contribution in [-0.4, -0.2) is 35.8 Å². The third-order valence-corrected chi connectivity index (χ3v) is 5.40. The summed E-state index contributed by atoms with van der Waals surface area (Å²) in [6.45, 7) is 7.86. The molecule has 1 heterocycles. The lowest BCUT2D eigenvalue weighted by molar-refractivity contribution is -0.134. The lowest BCUT2D eigenvalue weighted by Crippen LogP contribution is -2.47. The molecule has 4 nitrogen and oxygen atoms in total. The second-order valence-corrected chi connectivity index (χ2v) is 9.00. The van der Waals surface area contributed by atoms with Crippen LogP contribution in [0.5, 0.6) is 0 Å². The van der Waals surface area contributed by atoms with E-state index in [1.807, 2.05) is 4.90 Å². The summed E-state index contributed by atoms with van der Waals surface area (Å²) in [7, 11) is 0. The monoisotopic (exact) mass is 336 g/mol. The molecule has 1 aliphatic carbocycles. The van der Waals surface area contributed by atoms with Crippen molar-refractivity contribution < 1.29 is 9.59 Å². The van der Waals surface area contributed by atoms with Crippen molar-refractivity contribution >= 4 is 11.8 Å². The number of carbonyl (C=O) groups excluding carboxylic acids is 2. The van der Waals surface area contributed by atoms with Crippen LogP contribution < -0.4 is 5.32 Å². The van der Waals surface area contributed by atoms with E-state index in [1.54, 1.807) is 0 Å². The number of nitrogens with zero attached hydrogens (tertiary/aromatic N) is 1. The topological polar surface area (TPSA) is 49.4 Å². The summed E-state index contributed by atoms with van der Waals surface area (Å²) in [5.41, 5.74) is 0.0429. The van der Waals surface area contributed by atoms with Crippen molar-refractivity contribution in [3.8, 4) is 0 Å². The van der Waals surface area contributed by atoms with E-state index in [9.17, 15) is 9.59 Å². The normalized spacial score (nSPS) is 20.9. The van der Waals surface area contributed by atoms with Crippen LogP contribution >= 0.6 is 0 Å². The Morgan fingerprint density at radius 1 is 1.00 bits per heavy atom. The largest absolute Gasteiger partial charge is 0.353 e. The van der Waals surface area contributed by atoms with E-state index >= 15 is 0 Å². The number of amides is 2. The van der Waals surface area contributed by atoms with Gasteiger partial charge in [0.15, 0.2) is 0 Å². The molecule has 4 heteroatoms. The number of likely N-dealkylation sites (tertiary alicyclic amines) is 1. The molecule has 1 saturated carbocycles. The van der Waals surface area contributed by atoms with E-state index in [0.29, 0.717) is 12.8 Å². The van der Waals surface area contributed by atoms with Crippen LogP contribution in [0.1, 0.15) is 85.0 Å². The quantitative estimate of drug-likeness (QED) is 0.828. The van der Waals surface area contributed by atoms with Crippen LogP contribution in [0, 0.1) is 11.3 Å². The summed E-state index contributed by atoms with van der Waals surface area (Å²) in [4.78, 5) is 26.4. The zero-order valence-electron chi connectivity index (χ0n) is 15.9. The van der Waals surface area contributed by atoms with E-state index in [0.717, 1.165) is 38.3 Å². The van der Waals surface area contributed by atoms with Gasteiger partial charge in [0.05, 0.1) is 0 Å². The van der Waals surface area contributed by atoms with Crippen molar-refractivity contribution in [1.29, 1.82) is 0 Å². The summed E-state index contributed by atoms with van der Waals surface area (Å²) < 4.78 is 0. The van der Waals surface area contributed by atoms with Crippen molar-refractivity contribution in [3.05, 3.63) is 0 Å². The van der Waals surface area contributed by atoms with E-state index in [4.69, 9.17) is 0 Å². The van der Waals surface area contributed by atoms with Crippen molar-refractivity contribution in [2.45, 2.75) is 91.0 Å². The van der Waals surface area contributed by atoms with Gasteiger partial charge in [-0.2, -0.15) is 0 Å². The molecule has 2 fully saturated rings. The first-order valence-corrected chi connectivity index (χ1v) is 9.90. The number of piperidine rings is 1. The Kier molecular flexibility index (Phi) is 7.12. The Labute approximate surface area is 147 Å². The summed E-state index contributed by atoms with van der Waals surface area (Å²) in [6, 6.07) is 0.252. The highest BCUT2D eigenvalue weighted by Gasteiger charge is 2.26. The predicted octanol–water partition coefficient (Wildman–Crippen LogP) is 3.89. The van der Waals surface area contributed by atoms with Crippen LogP contribution in [0.4, 0.5) is 0 Å². The Bertz CT molecular complexity index is 414. The van der Waals surface area contributed by atoms with Crippen LogP contribution in [0.2, 0.25) is 0 Å². The molecule has 2 rings (SSSR count). The molecular formula is C20H36N2O2. The summed E-state index contributed by atoms with van der Waals surface area (Å²) >= 11 is 0. The molecule has 0 spiro atoms. The molecule has 1 saturated heterocycles. The maximum atomic E-state index is 12.3. The molecule has 1 N–H and O–H groups in total. The lowest BCUT2D eigenvalue weighted by atomic mass is 9.86. The maximum Gasteiger partial charge on any atom is 0.223 e. The van der Waals surface area contributed by atoms with Crippen LogP contribution in [0.3, 0.4) is 0 Å². The van der Waals surface area contributed by atoms with Crippen molar-refractivity contribution in [2.24, 2.45) is 11.3 Å². The molecule has 1 aliphatic heterocycles. The van der Waals surface area contributed by atoms with Gasteiger partial charge in [-0.15, -0.1) is 0 Å². The first kappa shape index (κ1) is 19.3. The van der Waals surface area contributed by atoms with Gasteiger partial charge in [0, 0.05) is 32.0 Å². The molecule has 0 aromatic carbocycles. The number of nitrogens with one attached hydrogen (secondary N) is 1. The van der Waals surface area contributed by atoms with E-state index < -0.39 is 0 Å². The molecule has 2 amide bonds. The van der Waals surface area contributed by atoms with Crippen molar-refractivity contribution in [1.82, 2.24) is 10.2 Å². The van der Waals surface area contributed by atoms with Gasteiger partial charge in [-0.05, 0) is 30.6 Å². The van der Waals surface area contributed by atoms with Crippen molar-refractivity contribution in [2.75, 3.05) is 13.1 Å². The average molecular weight is 337 g/mol.